The molecule has 4 aromatic carbocycles. The van der Waals surface area contributed by atoms with Crippen LogP contribution in [0, 0.1) is 0 Å². The second kappa shape index (κ2) is 10.4. The van der Waals surface area contributed by atoms with Gasteiger partial charge in [-0.3, -0.25) is 4.79 Å². The van der Waals surface area contributed by atoms with Gasteiger partial charge in [0.1, 0.15) is 0 Å². The molecule has 1 amide bonds. The maximum Gasteiger partial charge on any atom is 0.344 e. The minimum Gasteiger partial charge on any atom is -0.493 e. The molecule has 4 aromatic rings. The topological polar surface area (TPSA) is 77.0 Å². The molecule has 0 saturated carbocycles. The number of fused-ring (bicyclic) bond motifs is 1. The highest BCUT2D eigenvalue weighted by Gasteiger charge is 2.15. The van der Waals surface area contributed by atoms with Crippen LogP contribution in [0.15, 0.2) is 84.0 Å². The van der Waals surface area contributed by atoms with Crippen LogP contribution in [0.3, 0.4) is 0 Å². The molecule has 0 aliphatic heterocycles. The van der Waals surface area contributed by atoms with Crippen LogP contribution in [0.2, 0.25) is 10.0 Å². The number of methoxy groups -OCH3 is 1. The zero-order valence-corrected chi connectivity index (χ0v) is 19.4. The Morgan fingerprint density at radius 1 is 0.882 bits per heavy atom. The van der Waals surface area contributed by atoms with Crippen molar-refractivity contribution in [3.63, 3.8) is 0 Å². The number of nitrogens with one attached hydrogen (secondary N) is 1. The van der Waals surface area contributed by atoms with Crippen LogP contribution >= 0.6 is 23.2 Å². The van der Waals surface area contributed by atoms with Gasteiger partial charge in [0.05, 0.1) is 29.5 Å². The first kappa shape index (κ1) is 23.3. The summed E-state index contributed by atoms with van der Waals surface area (Å²) >= 11 is 11.9. The Labute approximate surface area is 205 Å². The monoisotopic (exact) mass is 492 g/mol. The summed E-state index contributed by atoms with van der Waals surface area (Å²) in [5.74, 6) is -0.414. The van der Waals surface area contributed by atoms with Crippen LogP contribution in [-0.2, 0) is 0 Å². The van der Waals surface area contributed by atoms with E-state index in [1.54, 1.807) is 36.4 Å². The van der Waals surface area contributed by atoms with E-state index in [2.05, 4.69) is 10.5 Å². The lowest BCUT2D eigenvalue weighted by molar-refractivity contribution is 0.0731. The number of halogens is 2. The predicted octanol–water partition coefficient (Wildman–Crippen LogP) is 6.14. The lowest BCUT2D eigenvalue weighted by Crippen LogP contribution is -2.18. The highest BCUT2D eigenvalue weighted by molar-refractivity contribution is 6.36. The molecular weight excluding hydrogens is 475 g/mol. The first-order valence-electron chi connectivity index (χ1n) is 10.1. The fourth-order valence-corrected chi connectivity index (χ4v) is 3.81. The van der Waals surface area contributed by atoms with E-state index >= 15 is 0 Å². The second-order valence-corrected chi connectivity index (χ2v) is 7.99. The maximum atomic E-state index is 12.9. The van der Waals surface area contributed by atoms with Gasteiger partial charge in [-0.15, -0.1) is 0 Å². The third-order valence-corrected chi connectivity index (χ3v) is 5.50. The van der Waals surface area contributed by atoms with Gasteiger partial charge in [0.2, 0.25) is 0 Å². The third-order valence-electron chi connectivity index (χ3n) is 4.96. The minimum atomic E-state index is -0.519. The molecule has 0 aliphatic rings. The molecule has 0 radical (unpaired) electrons. The van der Waals surface area contributed by atoms with E-state index in [9.17, 15) is 9.59 Å². The molecule has 6 nitrogen and oxygen atoms in total. The molecule has 0 atom stereocenters. The molecule has 170 valence electrons. The van der Waals surface area contributed by atoms with Crippen molar-refractivity contribution in [3.8, 4) is 11.5 Å². The first-order valence-corrected chi connectivity index (χ1v) is 10.9. The van der Waals surface area contributed by atoms with Gasteiger partial charge >= 0.3 is 5.97 Å². The highest BCUT2D eigenvalue weighted by atomic mass is 35.5. The molecule has 34 heavy (non-hydrogen) atoms. The van der Waals surface area contributed by atoms with E-state index < -0.39 is 11.9 Å². The fraction of sp³-hybridized carbons (Fsp3) is 0.0385. The van der Waals surface area contributed by atoms with Gasteiger partial charge in [0.15, 0.2) is 11.5 Å². The minimum absolute atomic E-state index is 0.215. The lowest BCUT2D eigenvalue weighted by atomic mass is 10.0. The van der Waals surface area contributed by atoms with Crippen molar-refractivity contribution in [3.05, 3.63) is 106 Å². The maximum absolute atomic E-state index is 12.9. The second-order valence-electron chi connectivity index (χ2n) is 7.15. The number of nitrogens with zero attached hydrogens (tertiary/aromatic N) is 1. The van der Waals surface area contributed by atoms with Crippen molar-refractivity contribution >= 4 is 52.1 Å². The van der Waals surface area contributed by atoms with E-state index in [4.69, 9.17) is 32.7 Å². The average molecular weight is 493 g/mol. The summed E-state index contributed by atoms with van der Waals surface area (Å²) in [4.78, 5) is 25.2. The van der Waals surface area contributed by atoms with Gasteiger partial charge in [0.25, 0.3) is 5.91 Å². The average Bonchev–Trinajstić information content (AvgIpc) is 2.83. The zero-order valence-electron chi connectivity index (χ0n) is 17.9. The number of hydrogen-bond acceptors (Lipinski definition) is 5. The molecular formula is C26H18Cl2N2O4. The summed E-state index contributed by atoms with van der Waals surface area (Å²) in [7, 11) is 1.48. The predicted molar refractivity (Wildman–Crippen MR) is 133 cm³/mol. The number of rotatable bonds is 6. The number of hydrogen-bond donors (Lipinski definition) is 1. The van der Waals surface area contributed by atoms with Crippen molar-refractivity contribution in [2.45, 2.75) is 0 Å². The number of ether oxygens (including phenoxy) is 2. The molecule has 0 unspecified atom stereocenters. The van der Waals surface area contributed by atoms with Gasteiger partial charge in [-0.1, -0.05) is 59.6 Å². The summed E-state index contributed by atoms with van der Waals surface area (Å²) in [6.45, 7) is 0. The summed E-state index contributed by atoms with van der Waals surface area (Å²) in [5, 5.41) is 6.32. The highest BCUT2D eigenvalue weighted by Crippen LogP contribution is 2.29. The molecule has 0 fully saturated rings. The smallest absolute Gasteiger partial charge is 0.344 e. The number of amides is 1. The van der Waals surface area contributed by atoms with Gasteiger partial charge in [-0.05, 0) is 58.8 Å². The van der Waals surface area contributed by atoms with Crippen molar-refractivity contribution in [1.82, 2.24) is 5.43 Å². The van der Waals surface area contributed by atoms with E-state index in [-0.39, 0.29) is 16.3 Å². The van der Waals surface area contributed by atoms with Gasteiger partial charge in [0, 0.05) is 5.02 Å². The first-order chi connectivity index (χ1) is 16.5. The summed E-state index contributed by atoms with van der Waals surface area (Å²) in [6.07, 6.45) is 1.41. The number of carbonyl (C=O) groups excluding carboxylic acids is 2. The van der Waals surface area contributed by atoms with Crippen molar-refractivity contribution in [2.75, 3.05) is 7.11 Å². The number of esters is 1. The number of benzene rings is 4. The van der Waals surface area contributed by atoms with Crippen LogP contribution in [0.4, 0.5) is 0 Å². The fourth-order valence-electron chi connectivity index (χ4n) is 3.31. The molecule has 0 spiro atoms. The van der Waals surface area contributed by atoms with E-state index in [0.717, 1.165) is 10.8 Å². The largest absolute Gasteiger partial charge is 0.493 e. The normalized spacial score (nSPS) is 10.9. The van der Waals surface area contributed by atoms with Crippen LogP contribution in [0.5, 0.6) is 11.5 Å². The van der Waals surface area contributed by atoms with E-state index in [1.165, 1.54) is 25.5 Å². The summed E-state index contributed by atoms with van der Waals surface area (Å²) < 4.78 is 11.0. The quantitative estimate of drug-likeness (QED) is 0.152. The Balaban J connectivity index is 1.52. The molecule has 0 aromatic heterocycles. The third kappa shape index (κ3) is 5.20. The molecule has 4 rings (SSSR count). The Kier molecular flexibility index (Phi) is 7.11. The van der Waals surface area contributed by atoms with E-state index in [0.29, 0.717) is 21.9 Å². The SMILES string of the molecule is COc1ccc(/C=N\NC(=O)c2ccc(Cl)cc2Cl)cc1OC(=O)c1cccc2ccccc12. The van der Waals surface area contributed by atoms with Gasteiger partial charge < -0.3 is 9.47 Å². The van der Waals surface area contributed by atoms with Crippen LogP contribution in [0.1, 0.15) is 26.3 Å². The molecule has 0 saturated heterocycles. The summed E-state index contributed by atoms with van der Waals surface area (Å²) in [6, 6.07) is 22.5. The number of hydrazone groups is 1. The zero-order chi connectivity index (χ0) is 24.1. The Hall–Kier alpha value is -3.87. The van der Waals surface area contributed by atoms with Gasteiger partial charge in [-0.2, -0.15) is 5.10 Å². The van der Waals surface area contributed by atoms with Crippen LogP contribution in [-0.4, -0.2) is 25.2 Å². The molecule has 1 N–H and O–H groups in total. The Morgan fingerprint density at radius 3 is 2.47 bits per heavy atom. The van der Waals surface area contributed by atoms with Crippen molar-refractivity contribution in [2.24, 2.45) is 5.10 Å². The van der Waals surface area contributed by atoms with Crippen molar-refractivity contribution in [1.29, 1.82) is 0 Å². The molecule has 8 heteroatoms. The summed E-state index contributed by atoms with van der Waals surface area (Å²) in [5.41, 5.74) is 3.65. The molecule has 0 heterocycles. The Bertz CT molecular complexity index is 1410. The van der Waals surface area contributed by atoms with Gasteiger partial charge in [-0.25, -0.2) is 10.2 Å². The van der Waals surface area contributed by atoms with Crippen LogP contribution < -0.4 is 14.9 Å². The molecule has 0 bridgehead atoms. The van der Waals surface area contributed by atoms with Crippen LogP contribution in [0.25, 0.3) is 10.8 Å². The lowest BCUT2D eigenvalue weighted by Gasteiger charge is -2.11. The number of carbonyl (C=O) groups is 2. The molecule has 0 aliphatic carbocycles. The Morgan fingerprint density at radius 2 is 1.68 bits per heavy atom. The van der Waals surface area contributed by atoms with E-state index in [1.807, 2.05) is 30.3 Å². The van der Waals surface area contributed by atoms with Crippen molar-refractivity contribution < 1.29 is 19.1 Å². The standard InChI is InChI=1S/C26H18Cl2N2O4/c1-33-23-12-9-16(15-29-30-25(31)21-11-10-18(27)14-22(21)28)13-24(23)34-26(32)20-8-4-6-17-5-2-3-7-19(17)20/h2-15H,1H3,(H,30,31)/b29-15-.